The molecule has 0 bridgehead atoms. The van der Waals surface area contributed by atoms with Gasteiger partial charge in [-0.2, -0.15) is 0 Å². The van der Waals surface area contributed by atoms with Crippen LogP contribution in [0.4, 0.5) is 0 Å². The topological polar surface area (TPSA) is 43.4 Å². The molecule has 1 atom stereocenters. The summed E-state index contributed by atoms with van der Waals surface area (Å²) in [5, 5.41) is 0. The minimum Gasteiger partial charge on any atom is -0.406 e. The van der Waals surface area contributed by atoms with Gasteiger partial charge in [0.05, 0.1) is 0 Å². The van der Waals surface area contributed by atoms with Gasteiger partial charge in [-0.25, -0.2) is 0 Å². The molecule has 0 aliphatic heterocycles. The monoisotopic (exact) mass is 312 g/mol. The first-order chi connectivity index (χ1) is 9.68. The van der Waals surface area contributed by atoms with E-state index in [1.807, 2.05) is 6.08 Å². The van der Waals surface area contributed by atoms with Crippen LogP contribution in [-0.2, 0) is 14.0 Å². The van der Waals surface area contributed by atoms with E-state index < -0.39 is 8.32 Å². The van der Waals surface area contributed by atoms with E-state index in [-0.39, 0.29) is 11.9 Å². The van der Waals surface area contributed by atoms with Gasteiger partial charge in [-0.3, -0.25) is 4.79 Å². The Labute approximate surface area is 131 Å². The van der Waals surface area contributed by atoms with Crippen molar-refractivity contribution in [1.82, 2.24) is 0 Å². The molecule has 0 radical (unpaired) electrons. The third kappa shape index (κ3) is 5.87. The third-order valence-electron chi connectivity index (χ3n) is 4.18. The SMILES string of the molecule is CC(=O)/C=C/CCC(C=O)O[Si](C(C)C)(C(C)C)C(C)C. The van der Waals surface area contributed by atoms with Gasteiger partial charge in [-0.1, -0.05) is 47.6 Å². The van der Waals surface area contributed by atoms with Crippen molar-refractivity contribution in [1.29, 1.82) is 0 Å². The second kappa shape index (κ2) is 9.31. The first-order valence-corrected chi connectivity index (χ1v) is 10.1. The van der Waals surface area contributed by atoms with Gasteiger partial charge < -0.3 is 9.22 Å². The molecule has 0 aliphatic carbocycles. The molecule has 0 saturated heterocycles. The minimum absolute atomic E-state index is 0.0360. The van der Waals surface area contributed by atoms with Gasteiger partial charge in [-0.15, -0.1) is 0 Å². The van der Waals surface area contributed by atoms with Gasteiger partial charge in [0.1, 0.15) is 12.4 Å². The molecule has 21 heavy (non-hydrogen) atoms. The molecule has 3 nitrogen and oxygen atoms in total. The van der Waals surface area contributed by atoms with E-state index in [1.54, 1.807) is 6.08 Å². The molecule has 0 aromatic heterocycles. The zero-order valence-corrected chi connectivity index (χ0v) is 15.7. The number of aldehydes is 1. The normalized spacial score (nSPS) is 14.4. The molecule has 0 fully saturated rings. The van der Waals surface area contributed by atoms with Gasteiger partial charge in [0.2, 0.25) is 8.32 Å². The summed E-state index contributed by atoms with van der Waals surface area (Å²) in [7, 11) is -2.02. The maximum Gasteiger partial charge on any atom is 0.201 e. The summed E-state index contributed by atoms with van der Waals surface area (Å²) in [4.78, 5) is 22.3. The minimum atomic E-state index is -2.02. The molecule has 0 aliphatic rings. The van der Waals surface area contributed by atoms with E-state index in [4.69, 9.17) is 4.43 Å². The van der Waals surface area contributed by atoms with Gasteiger partial charge >= 0.3 is 0 Å². The van der Waals surface area contributed by atoms with Crippen LogP contribution in [0.3, 0.4) is 0 Å². The second-order valence-electron chi connectivity index (χ2n) is 6.70. The average Bonchev–Trinajstić information content (AvgIpc) is 2.36. The fourth-order valence-corrected chi connectivity index (χ4v) is 8.85. The zero-order valence-electron chi connectivity index (χ0n) is 14.7. The lowest BCUT2D eigenvalue weighted by Crippen LogP contribution is -2.50. The van der Waals surface area contributed by atoms with Gasteiger partial charge in [0, 0.05) is 0 Å². The Morgan fingerprint density at radius 3 is 1.86 bits per heavy atom. The molecule has 0 amide bonds. The maximum absolute atomic E-state index is 11.4. The Morgan fingerprint density at radius 1 is 1.05 bits per heavy atom. The predicted octanol–water partition coefficient (Wildman–Crippen LogP) is 4.67. The van der Waals surface area contributed by atoms with Crippen LogP contribution in [0.25, 0.3) is 0 Å². The van der Waals surface area contributed by atoms with E-state index in [0.717, 1.165) is 6.29 Å². The van der Waals surface area contributed by atoms with E-state index in [1.165, 1.54) is 6.92 Å². The summed E-state index contributed by atoms with van der Waals surface area (Å²) in [6, 6.07) is 0. The van der Waals surface area contributed by atoms with Gasteiger partial charge in [0.15, 0.2) is 5.78 Å². The Hall–Kier alpha value is -0.743. The molecule has 0 spiro atoms. The van der Waals surface area contributed by atoms with Crippen LogP contribution in [0.1, 0.15) is 61.3 Å². The van der Waals surface area contributed by atoms with Gasteiger partial charge in [-0.05, 0) is 42.5 Å². The standard InChI is InChI=1S/C17H32O3Si/c1-13(2)21(14(3)4,15(5)6)20-17(12-18)11-9-8-10-16(7)19/h8,10,12-15,17H,9,11H2,1-7H3/b10-8+. The van der Waals surface area contributed by atoms with Crippen LogP contribution in [-0.4, -0.2) is 26.5 Å². The Bertz CT molecular complexity index is 337. The van der Waals surface area contributed by atoms with Crippen molar-refractivity contribution in [3.63, 3.8) is 0 Å². The molecule has 0 saturated carbocycles. The molecule has 0 N–H and O–H groups in total. The predicted molar refractivity (Wildman–Crippen MR) is 91.0 cm³/mol. The van der Waals surface area contributed by atoms with Crippen LogP contribution in [0, 0.1) is 0 Å². The molecular formula is C17H32O3Si. The highest BCUT2D eigenvalue weighted by Crippen LogP contribution is 2.43. The van der Waals surface area contributed by atoms with Crippen LogP contribution >= 0.6 is 0 Å². The molecule has 122 valence electrons. The van der Waals surface area contributed by atoms with Gasteiger partial charge in [0.25, 0.3) is 0 Å². The van der Waals surface area contributed by atoms with Crippen molar-refractivity contribution in [2.75, 3.05) is 0 Å². The first-order valence-electron chi connectivity index (χ1n) is 7.98. The molecule has 4 heteroatoms. The largest absolute Gasteiger partial charge is 0.406 e. The maximum atomic E-state index is 11.4. The highest BCUT2D eigenvalue weighted by molar-refractivity contribution is 6.77. The van der Waals surface area contributed by atoms with Crippen molar-refractivity contribution in [2.24, 2.45) is 0 Å². The van der Waals surface area contributed by atoms with Crippen LogP contribution in [0.2, 0.25) is 16.6 Å². The van der Waals surface area contributed by atoms with Crippen molar-refractivity contribution in [3.8, 4) is 0 Å². The molecular weight excluding hydrogens is 280 g/mol. The summed E-state index contributed by atoms with van der Waals surface area (Å²) < 4.78 is 6.43. The molecule has 1 unspecified atom stereocenters. The van der Waals surface area contributed by atoms with E-state index in [9.17, 15) is 9.59 Å². The van der Waals surface area contributed by atoms with Crippen LogP contribution in [0.15, 0.2) is 12.2 Å². The van der Waals surface area contributed by atoms with Crippen molar-refractivity contribution in [3.05, 3.63) is 12.2 Å². The van der Waals surface area contributed by atoms with Crippen molar-refractivity contribution < 1.29 is 14.0 Å². The number of carbonyl (C=O) groups is 2. The number of allylic oxidation sites excluding steroid dienone is 2. The van der Waals surface area contributed by atoms with E-state index >= 15 is 0 Å². The summed E-state index contributed by atoms with van der Waals surface area (Å²) in [6.07, 6.45) is 5.29. The lowest BCUT2D eigenvalue weighted by molar-refractivity contribution is -0.114. The fourth-order valence-electron chi connectivity index (χ4n) is 3.33. The van der Waals surface area contributed by atoms with Crippen LogP contribution in [0.5, 0.6) is 0 Å². The summed E-state index contributed by atoms with van der Waals surface area (Å²) in [5.41, 5.74) is 1.40. The zero-order chi connectivity index (χ0) is 16.6. The lowest BCUT2D eigenvalue weighted by atomic mass is 10.2. The third-order valence-corrected chi connectivity index (χ3v) is 10.3. The molecule has 0 aromatic rings. The number of rotatable bonds is 10. The number of hydrogen-bond acceptors (Lipinski definition) is 3. The molecule has 0 heterocycles. The average molecular weight is 313 g/mol. The van der Waals surface area contributed by atoms with Crippen molar-refractivity contribution in [2.45, 2.75) is 84.0 Å². The van der Waals surface area contributed by atoms with E-state index in [2.05, 4.69) is 41.5 Å². The van der Waals surface area contributed by atoms with E-state index in [0.29, 0.717) is 29.5 Å². The molecule has 0 rings (SSSR count). The fraction of sp³-hybridized carbons (Fsp3) is 0.765. The number of carbonyl (C=O) groups excluding carboxylic acids is 2. The Kier molecular flexibility index (Phi) is 8.98. The first kappa shape index (κ1) is 20.3. The lowest BCUT2D eigenvalue weighted by Gasteiger charge is -2.43. The summed E-state index contributed by atoms with van der Waals surface area (Å²) >= 11 is 0. The summed E-state index contributed by atoms with van der Waals surface area (Å²) in [5.74, 6) is 0.0360. The highest BCUT2D eigenvalue weighted by atomic mass is 28.4. The second-order valence-corrected chi connectivity index (χ2v) is 12.1. The Balaban J connectivity index is 4.95. The number of hydrogen-bond donors (Lipinski definition) is 0. The van der Waals surface area contributed by atoms with Crippen molar-refractivity contribution >= 4 is 20.4 Å². The smallest absolute Gasteiger partial charge is 0.201 e. The van der Waals surface area contributed by atoms with Crippen LogP contribution < -0.4 is 0 Å². The Morgan fingerprint density at radius 2 is 1.52 bits per heavy atom. The highest BCUT2D eigenvalue weighted by Gasteiger charge is 2.46. The summed E-state index contributed by atoms with van der Waals surface area (Å²) in [6.45, 7) is 14.8. The quantitative estimate of drug-likeness (QED) is 0.334. The molecule has 0 aromatic carbocycles. The number of ketones is 1.